The Bertz CT molecular complexity index is 428. The summed E-state index contributed by atoms with van der Waals surface area (Å²) in [4.78, 5) is 10.5. The predicted molar refractivity (Wildman–Crippen MR) is 68.2 cm³/mol. The lowest BCUT2D eigenvalue weighted by Crippen LogP contribution is -2.45. The molecule has 5 heteroatoms. The number of nitro groups is 1. The Balaban J connectivity index is 2.08. The van der Waals surface area contributed by atoms with Crippen molar-refractivity contribution in [1.82, 2.24) is 5.32 Å². The molecule has 0 saturated heterocycles. The maximum absolute atomic E-state index is 10.9. The Morgan fingerprint density at radius 2 is 2.00 bits per heavy atom. The lowest BCUT2D eigenvalue weighted by molar-refractivity contribution is -0.385. The molecule has 1 aromatic rings. The summed E-state index contributed by atoms with van der Waals surface area (Å²) >= 11 is 0. The Morgan fingerprint density at radius 1 is 1.33 bits per heavy atom. The second-order valence-electron chi connectivity index (χ2n) is 4.88. The molecule has 5 nitrogen and oxygen atoms in total. The molecule has 0 aliphatic heterocycles. The normalized spacial score (nSPS) is 17.8. The number of hydrogen-bond acceptors (Lipinski definition) is 4. The zero-order valence-corrected chi connectivity index (χ0v) is 10.3. The smallest absolute Gasteiger partial charge is 0.273 e. The summed E-state index contributed by atoms with van der Waals surface area (Å²) in [6.45, 7) is 0.519. The van der Waals surface area contributed by atoms with Gasteiger partial charge in [-0.3, -0.25) is 10.1 Å². The van der Waals surface area contributed by atoms with Gasteiger partial charge in [0.05, 0.1) is 11.5 Å². The van der Waals surface area contributed by atoms with Crippen LogP contribution in [0.2, 0.25) is 0 Å². The highest BCUT2D eigenvalue weighted by Crippen LogP contribution is 2.30. The number of nitro benzene ring substituents is 1. The summed E-state index contributed by atoms with van der Waals surface area (Å²) in [7, 11) is 0. The second kappa shape index (κ2) is 5.46. The van der Waals surface area contributed by atoms with Gasteiger partial charge in [-0.05, 0) is 12.8 Å². The molecule has 0 amide bonds. The SMILES string of the molecule is O=[N+]([O-])c1ccccc1CNC1(CO)CCCC1. The van der Waals surface area contributed by atoms with Gasteiger partial charge < -0.3 is 10.4 Å². The van der Waals surface area contributed by atoms with Crippen LogP contribution in [-0.4, -0.2) is 22.2 Å². The third-order valence-corrected chi connectivity index (χ3v) is 3.71. The lowest BCUT2D eigenvalue weighted by Gasteiger charge is -2.28. The number of para-hydroxylation sites is 1. The molecule has 1 aliphatic rings. The van der Waals surface area contributed by atoms with E-state index in [9.17, 15) is 15.2 Å². The van der Waals surface area contributed by atoms with E-state index in [1.54, 1.807) is 18.2 Å². The molecule has 1 saturated carbocycles. The van der Waals surface area contributed by atoms with Crippen LogP contribution in [0.4, 0.5) is 5.69 Å². The third kappa shape index (κ3) is 2.68. The minimum atomic E-state index is -0.364. The number of benzene rings is 1. The van der Waals surface area contributed by atoms with Crippen molar-refractivity contribution in [1.29, 1.82) is 0 Å². The Hall–Kier alpha value is -1.46. The third-order valence-electron chi connectivity index (χ3n) is 3.71. The van der Waals surface area contributed by atoms with E-state index in [4.69, 9.17) is 0 Å². The predicted octanol–water partition coefficient (Wildman–Crippen LogP) is 1.99. The van der Waals surface area contributed by atoms with Crippen LogP contribution in [0.3, 0.4) is 0 Å². The molecule has 0 spiro atoms. The molecule has 0 heterocycles. The minimum absolute atomic E-state index is 0.0909. The van der Waals surface area contributed by atoms with Crippen molar-refractivity contribution in [2.24, 2.45) is 0 Å². The molecule has 0 aromatic heterocycles. The molecule has 18 heavy (non-hydrogen) atoms. The Labute approximate surface area is 106 Å². The van der Waals surface area contributed by atoms with E-state index in [0.717, 1.165) is 25.7 Å². The number of rotatable bonds is 5. The minimum Gasteiger partial charge on any atom is -0.394 e. The van der Waals surface area contributed by atoms with Crippen molar-refractivity contribution < 1.29 is 10.0 Å². The van der Waals surface area contributed by atoms with E-state index in [1.165, 1.54) is 6.07 Å². The fourth-order valence-corrected chi connectivity index (χ4v) is 2.56. The van der Waals surface area contributed by atoms with Crippen molar-refractivity contribution in [3.63, 3.8) is 0 Å². The fourth-order valence-electron chi connectivity index (χ4n) is 2.56. The molecule has 0 unspecified atom stereocenters. The van der Waals surface area contributed by atoms with Crippen LogP contribution in [0, 0.1) is 10.1 Å². The second-order valence-corrected chi connectivity index (χ2v) is 4.88. The van der Waals surface area contributed by atoms with Crippen LogP contribution >= 0.6 is 0 Å². The number of aliphatic hydroxyl groups is 1. The Morgan fingerprint density at radius 3 is 2.61 bits per heavy atom. The molecule has 2 N–H and O–H groups in total. The summed E-state index contributed by atoms with van der Waals surface area (Å²) in [5, 5.41) is 23.7. The molecule has 1 aliphatic carbocycles. The number of aliphatic hydroxyl groups excluding tert-OH is 1. The summed E-state index contributed by atoms with van der Waals surface area (Å²) in [5.74, 6) is 0. The lowest BCUT2D eigenvalue weighted by atomic mass is 9.98. The van der Waals surface area contributed by atoms with E-state index < -0.39 is 0 Å². The van der Waals surface area contributed by atoms with Crippen LogP contribution in [0.25, 0.3) is 0 Å². The van der Waals surface area contributed by atoms with Gasteiger partial charge in [-0.25, -0.2) is 0 Å². The molecule has 0 bridgehead atoms. The summed E-state index contributed by atoms with van der Waals surface area (Å²) in [5.41, 5.74) is 0.558. The van der Waals surface area contributed by atoms with Gasteiger partial charge >= 0.3 is 0 Å². The van der Waals surface area contributed by atoms with Gasteiger partial charge in [0.1, 0.15) is 0 Å². The van der Waals surface area contributed by atoms with E-state index >= 15 is 0 Å². The molecule has 98 valence electrons. The van der Waals surface area contributed by atoms with Crippen LogP contribution in [-0.2, 0) is 6.54 Å². The van der Waals surface area contributed by atoms with Gasteiger partial charge in [0, 0.05) is 23.7 Å². The van der Waals surface area contributed by atoms with Crippen molar-refractivity contribution in [3.05, 3.63) is 39.9 Å². The van der Waals surface area contributed by atoms with E-state index in [2.05, 4.69) is 5.32 Å². The topological polar surface area (TPSA) is 75.4 Å². The first-order valence-corrected chi connectivity index (χ1v) is 6.25. The number of nitrogens with one attached hydrogen (secondary N) is 1. The maximum atomic E-state index is 10.9. The first-order valence-electron chi connectivity index (χ1n) is 6.25. The van der Waals surface area contributed by atoms with Crippen LogP contribution in [0.1, 0.15) is 31.2 Å². The highest BCUT2D eigenvalue weighted by molar-refractivity contribution is 5.39. The first-order chi connectivity index (χ1) is 8.67. The molecule has 1 aromatic carbocycles. The van der Waals surface area contributed by atoms with Crippen molar-refractivity contribution in [2.45, 2.75) is 37.8 Å². The zero-order valence-electron chi connectivity index (χ0n) is 10.3. The molecule has 0 radical (unpaired) electrons. The highest BCUT2D eigenvalue weighted by Gasteiger charge is 2.32. The average Bonchev–Trinajstić information content (AvgIpc) is 2.86. The van der Waals surface area contributed by atoms with Gasteiger partial charge in [-0.2, -0.15) is 0 Å². The van der Waals surface area contributed by atoms with E-state index in [-0.39, 0.29) is 22.8 Å². The summed E-state index contributed by atoms with van der Waals surface area (Å²) in [6, 6.07) is 6.73. The molecule has 0 atom stereocenters. The maximum Gasteiger partial charge on any atom is 0.273 e. The summed E-state index contributed by atoms with van der Waals surface area (Å²) < 4.78 is 0. The van der Waals surface area contributed by atoms with Gasteiger partial charge in [-0.1, -0.05) is 31.0 Å². The van der Waals surface area contributed by atoms with E-state index in [1.807, 2.05) is 0 Å². The van der Waals surface area contributed by atoms with Crippen LogP contribution in [0.15, 0.2) is 24.3 Å². The number of hydrogen-bond donors (Lipinski definition) is 2. The largest absolute Gasteiger partial charge is 0.394 e. The molecule has 2 rings (SSSR count). The number of nitrogens with zero attached hydrogens (tertiary/aromatic N) is 1. The summed E-state index contributed by atoms with van der Waals surface area (Å²) in [6.07, 6.45) is 4.07. The van der Waals surface area contributed by atoms with Crippen molar-refractivity contribution in [3.8, 4) is 0 Å². The highest BCUT2D eigenvalue weighted by atomic mass is 16.6. The van der Waals surface area contributed by atoms with Gasteiger partial charge in [0.2, 0.25) is 0 Å². The monoisotopic (exact) mass is 250 g/mol. The van der Waals surface area contributed by atoms with Crippen molar-refractivity contribution >= 4 is 5.69 Å². The quantitative estimate of drug-likeness (QED) is 0.619. The van der Waals surface area contributed by atoms with E-state index in [0.29, 0.717) is 12.1 Å². The Kier molecular flexibility index (Phi) is 3.93. The fraction of sp³-hybridized carbons (Fsp3) is 0.538. The zero-order chi connectivity index (χ0) is 13.0. The van der Waals surface area contributed by atoms with Crippen molar-refractivity contribution in [2.75, 3.05) is 6.61 Å². The van der Waals surface area contributed by atoms with Gasteiger partial charge in [-0.15, -0.1) is 0 Å². The first kappa shape index (κ1) is 13.0. The standard InChI is InChI=1S/C13H18N2O3/c16-10-13(7-3-4-8-13)14-9-11-5-1-2-6-12(11)15(17)18/h1-2,5-6,14,16H,3-4,7-10H2. The van der Waals surface area contributed by atoms with Crippen LogP contribution < -0.4 is 5.32 Å². The van der Waals surface area contributed by atoms with Gasteiger partial charge in [0.25, 0.3) is 5.69 Å². The average molecular weight is 250 g/mol. The molecular weight excluding hydrogens is 232 g/mol. The van der Waals surface area contributed by atoms with Crippen LogP contribution in [0.5, 0.6) is 0 Å². The van der Waals surface area contributed by atoms with Gasteiger partial charge in [0.15, 0.2) is 0 Å². The molecule has 1 fully saturated rings. The molecular formula is C13H18N2O3.